The van der Waals surface area contributed by atoms with Crippen LogP contribution in [0.15, 0.2) is 60.7 Å². The number of amides is 2. The minimum absolute atomic E-state index is 0.151. The molecular formula is C18H23N3O. The molecule has 116 valence electrons. The van der Waals surface area contributed by atoms with Gasteiger partial charge < -0.3 is 15.5 Å². The first kappa shape index (κ1) is 16.0. The lowest BCUT2D eigenvalue weighted by molar-refractivity contribution is 0.237. The highest BCUT2D eigenvalue weighted by Crippen LogP contribution is 2.21. The molecule has 4 heteroatoms. The SMILES string of the molecule is CN(C)CCNC(=O)NC(c1ccccc1)c1ccccc1. The Morgan fingerprint density at radius 2 is 1.45 bits per heavy atom. The predicted octanol–water partition coefficient (Wildman–Crippen LogP) is 2.64. The van der Waals surface area contributed by atoms with Gasteiger partial charge in [0, 0.05) is 13.1 Å². The molecule has 0 unspecified atom stereocenters. The zero-order valence-electron chi connectivity index (χ0n) is 13.1. The fourth-order valence-corrected chi connectivity index (χ4v) is 2.23. The number of likely N-dealkylation sites (N-methyl/N-ethyl adjacent to an activating group) is 1. The second-order valence-corrected chi connectivity index (χ2v) is 5.46. The van der Waals surface area contributed by atoms with Crippen LogP contribution in [0.1, 0.15) is 17.2 Å². The number of nitrogens with one attached hydrogen (secondary N) is 2. The monoisotopic (exact) mass is 297 g/mol. The molecule has 0 heterocycles. The third-order valence-electron chi connectivity index (χ3n) is 3.39. The van der Waals surface area contributed by atoms with E-state index in [-0.39, 0.29) is 12.1 Å². The molecule has 2 aromatic rings. The van der Waals surface area contributed by atoms with E-state index in [2.05, 4.69) is 10.6 Å². The normalized spacial score (nSPS) is 10.7. The largest absolute Gasteiger partial charge is 0.337 e. The highest BCUT2D eigenvalue weighted by Gasteiger charge is 2.16. The number of hydrogen-bond acceptors (Lipinski definition) is 2. The van der Waals surface area contributed by atoms with Crippen LogP contribution in [0.4, 0.5) is 4.79 Å². The van der Waals surface area contributed by atoms with Gasteiger partial charge in [0.15, 0.2) is 0 Å². The molecule has 2 N–H and O–H groups in total. The van der Waals surface area contributed by atoms with E-state index in [9.17, 15) is 4.79 Å². The van der Waals surface area contributed by atoms with Crippen LogP contribution >= 0.6 is 0 Å². The molecule has 2 amide bonds. The topological polar surface area (TPSA) is 44.4 Å². The summed E-state index contributed by atoms with van der Waals surface area (Å²) in [6, 6.07) is 19.7. The van der Waals surface area contributed by atoms with E-state index in [1.807, 2.05) is 79.7 Å². The molecule has 0 aromatic heterocycles. The minimum Gasteiger partial charge on any atom is -0.337 e. The second-order valence-electron chi connectivity index (χ2n) is 5.46. The van der Waals surface area contributed by atoms with Crippen molar-refractivity contribution in [1.82, 2.24) is 15.5 Å². The number of hydrogen-bond donors (Lipinski definition) is 2. The number of carbonyl (C=O) groups excluding carboxylic acids is 1. The molecule has 0 fully saturated rings. The number of nitrogens with zero attached hydrogens (tertiary/aromatic N) is 1. The minimum atomic E-state index is -0.153. The average molecular weight is 297 g/mol. The quantitative estimate of drug-likeness (QED) is 0.861. The first-order valence-corrected chi connectivity index (χ1v) is 7.46. The van der Waals surface area contributed by atoms with Crippen LogP contribution in [-0.2, 0) is 0 Å². The third-order valence-corrected chi connectivity index (χ3v) is 3.39. The van der Waals surface area contributed by atoms with E-state index in [4.69, 9.17) is 0 Å². The molecule has 0 radical (unpaired) electrons. The zero-order valence-corrected chi connectivity index (χ0v) is 13.1. The maximum absolute atomic E-state index is 12.1. The van der Waals surface area contributed by atoms with Crippen molar-refractivity contribution < 1.29 is 4.79 Å². The van der Waals surface area contributed by atoms with Crippen LogP contribution in [0, 0.1) is 0 Å². The van der Waals surface area contributed by atoms with Crippen LogP contribution in [0.25, 0.3) is 0 Å². The van der Waals surface area contributed by atoms with Gasteiger partial charge in [-0.1, -0.05) is 60.7 Å². The lowest BCUT2D eigenvalue weighted by atomic mass is 9.99. The lowest BCUT2D eigenvalue weighted by Crippen LogP contribution is -2.41. The second kappa shape index (κ2) is 8.20. The van der Waals surface area contributed by atoms with Gasteiger partial charge in [-0.15, -0.1) is 0 Å². The van der Waals surface area contributed by atoms with Crippen molar-refractivity contribution in [3.8, 4) is 0 Å². The summed E-state index contributed by atoms with van der Waals surface area (Å²) in [7, 11) is 3.96. The van der Waals surface area contributed by atoms with Crippen LogP contribution < -0.4 is 10.6 Å². The summed E-state index contributed by atoms with van der Waals surface area (Å²) in [5.74, 6) is 0. The lowest BCUT2D eigenvalue weighted by Gasteiger charge is -2.20. The maximum Gasteiger partial charge on any atom is 0.315 e. The van der Waals surface area contributed by atoms with Gasteiger partial charge in [-0.3, -0.25) is 0 Å². The molecule has 0 saturated carbocycles. The summed E-state index contributed by atoms with van der Waals surface area (Å²) in [5.41, 5.74) is 2.13. The van der Waals surface area contributed by atoms with Crippen LogP contribution in [0.5, 0.6) is 0 Å². The van der Waals surface area contributed by atoms with Gasteiger partial charge in [0.05, 0.1) is 6.04 Å². The molecule has 4 nitrogen and oxygen atoms in total. The Hall–Kier alpha value is -2.33. The van der Waals surface area contributed by atoms with Gasteiger partial charge in [-0.25, -0.2) is 4.79 Å². The fraction of sp³-hybridized carbons (Fsp3) is 0.278. The van der Waals surface area contributed by atoms with Crippen molar-refractivity contribution in [3.63, 3.8) is 0 Å². The van der Waals surface area contributed by atoms with Gasteiger partial charge >= 0.3 is 6.03 Å². The summed E-state index contributed by atoms with van der Waals surface area (Å²) in [4.78, 5) is 14.2. The molecule has 2 aromatic carbocycles. The summed E-state index contributed by atoms with van der Waals surface area (Å²) in [5, 5.41) is 5.95. The molecule has 0 aliphatic rings. The highest BCUT2D eigenvalue weighted by molar-refractivity contribution is 5.75. The Morgan fingerprint density at radius 1 is 0.955 bits per heavy atom. The molecule has 22 heavy (non-hydrogen) atoms. The van der Waals surface area contributed by atoms with Gasteiger partial charge in [0.25, 0.3) is 0 Å². The standard InChI is InChI=1S/C18H23N3O/c1-21(2)14-13-19-18(22)20-17(15-9-5-3-6-10-15)16-11-7-4-8-12-16/h3-12,17H,13-14H2,1-2H3,(H2,19,20,22). The number of urea groups is 1. The molecule has 0 atom stereocenters. The van der Waals surface area contributed by atoms with Crippen LogP contribution in [0.3, 0.4) is 0 Å². The Morgan fingerprint density at radius 3 is 1.91 bits per heavy atom. The summed E-state index contributed by atoms with van der Waals surface area (Å²) in [6.07, 6.45) is 0. The van der Waals surface area contributed by atoms with Crippen molar-refractivity contribution >= 4 is 6.03 Å². The van der Waals surface area contributed by atoms with Gasteiger partial charge in [-0.05, 0) is 25.2 Å². The average Bonchev–Trinajstić information content (AvgIpc) is 2.54. The Balaban J connectivity index is 2.08. The smallest absolute Gasteiger partial charge is 0.315 e. The van der Waals surface area contributed by atoms with Gasteiger partial charge in [-0.2, -0.15) is 0 Å². The van der Waals surface area contributed by atoms with E-state index in [1.165, 1.54) is 0 Å². The summed E-state index contributed by atoms with van der Waals surface area (Å²) in [6.45, 7) is 1.43. The number of benzene rings is 2. The van der Waals surface area contributed by atoms with Crippen LogP contribution in [-0.4, -0.2) is 38.1 Å². The van der Waals surface area contributed by atoms with Crippen LogP contribution in [0.2, 0.25) is 0 Å². The summed E-state index contributed by atoms with van der Waals surface area (Å²) >= 11 is 0. The molecule has 0 saturated heterocycles. The number of carbonyl (C=O) groups is 1. The van der Waals surface area contributed by atoms with Gasteiger partial charge in [0.2, 0.25) is 0 Å². The zero-order chi connectivity index (χ0) is 15.8. The maximum atomic E-state index is 12.1. The van der Waals surface area contributed by atoms with Gasteiger partial charge in [0.1, 0.15) is 0 Å². The van der Waals surface area contributed by atoms with E-state index in [0.717, 1.165) is 17.7 Å². The van der Waals surface area contributed by atoms with E-state index >= 15 is 0 Å². The van der Waals surface area contributed by atoms with Crippen molar-refractivity contribution in [1.29, 1.82) is 0 Å². The van der Waals surface area contributed by atoms with Crippen molar-refractivity contribution in [2.24, 2.45) is 0 Å². The van der Waals surface area contributed by atoms with E-state index in [1.54, 1.807) is 0 Å². The Labute approximate surface area is 132 Å². The van der Waals surface area contributed by atoms with Crippen molar-refractivity contribution in [2.75, 3.05) is 27.2 Å². The number of rotatable bonds is 6. The molecule has 0 spiro atoms. The first-order chi connectivity index (χ1) is 10.7. The van der Waals surface area contributed by atoms with Crippen molar-refractivity contribution in [3.05, 3.63) is 71.8 Å². The molecular weight excluding hydrogens is 274 g/mol. The fourth-order valence-electron chi connectivity index (χ4n) is 2.23. The highest BCUT2D eigenvalue weighted by atomic mass is 16.2. The molecule has 2 rings (SSSR count). The Kier molecular flexibility index (Phi) is 5.98. The van der Waals surface area contributed by atoms with E-state index in [0.29, 0.717) is 6.54 Å². The predicted molar refractivity (Wildman–Crippen MR) is 89.8 cm³/mol. The molecule has 0 bridgehead atoms. The Bertz CT molecular complexity index is 530. The molecule has 0 aliphatic carbocycles. The third kappa shape index (κ3) is 4.90. The first-order valence-electron chi connectivity index (χ1n) is 7.46. The summed E-state index contributed by atoms with van der Waals surface area (Å²) < 4.78 is 0. The van der Waals surface area contributed by atoms with Crippen molar-refractivity contribution in [2.45, 2.75) is 6.04 Å². The molecule has 0 aliphatic heterocycles. The van der Waals surface area contributed by atoms with E-state index < -0.39 is 0 Å².